The summed E-state index contributed by atoms with van der Waals surface area (Å²) in [6.45, 7) is 0.829. The summed E-state index contributed by atoms with van der Waals surface area (Å²) in [6, 6.07) is 2.10. The third kappa shape index (κ3) is 10.8. The lowest BCUT2D eigenvalue weighted by Crippen LogP contribution is -2.61. The second kappa shape index (κ2) is 17.3. The molecule has 0 fully saturated rings. The number of aliphatic hydroxyl groups is 2. The van der Waals surface area contributed by atoms with Gasteiger partial charge in [-0.05, 0) is 31.1 Å². The van der Waals surface area contributed by atoms with E-state index in [2.05, 4.69) is 20.9 Å². The molecule has 0 radical (unpaired) electrons. The van der Waals surface area contributed by atoms with E-state index in [1.165, 1.54) is 25.1 Å². The number of anilines is 1. The highest BCUT2D eigenvalue weighted by atomic mass is 16.6. The molecule has 14 N–H and O–H groups in total. The van der Waals surface area contributed by atoms with Gasteiger partial charge in [-0.25, -0.2) is 14.6 Å². The lowest BCUT2D eigenvalue weighted by Gasteiger charge is -2.39. The number of unbranched alkanes of at least 4 members (excludes halogenated alkanes) is 3. The number of nitrogens with one attached hydrogen (secondary N) is 3. The molecular formula is C27H40N8O10. The van der Waals surface area contributed by atoms with Crippen LogP contribution in [0.15, 0.2) is 35.0 Å². The highest BCUT2D eigenvalue weighted by Gasteiger charge is 2.46. The summed E-state index contributed by atoms with van der Waals surface area (Å²) >= 11 is 0. The van der Waals surface area contributed by atoms with Crippen LogP contribution in [0.3, 0.4) is 0 Å². The number of rotatable bonds is 17. The van der Waals surface area contributed by atoms with Crippen molar-refractivity contribution in [3.63, 3.8) is 0 Å². The van der Waals surface area contributed by atoms with Crippen LogP contribution in [0.4, 0.5) is 10.5 Å². The van der Waals surface area contributed by atoms with E-state index in [0.29, 0.717) is 32.2 Å². The van der Waals surface area contributed by atoms with Crippen LogP contribution in [0, 0.1) is 0 Å². The van der Waals surface area contributed by atoms with Crippen molar-refractivity contribution >= 4 is 41.4 Å². The van der Waals surface area contributed by atoms with Crippen LogP contribution < -0.4 is 38.9 Å². The van der Waals surface area contributed by atoms with Gasteiger partial charge in [-0.15, -0.1) is 0 Å². The van der Waals surface area contributed by atoms with Gasteiger partial charge in [0.1, 0.15) is 6.10 Å². The van der Waals surface area contributed by atoms with E-state index < -0.39 is 78.5 Å². The maximum Gasteiger partial charge on any atom is 0.407 e. The number of hydrogen-bond acceptors (Lipinski definition) is 11. The van der Waals surface area contributed by atoms with E-state index in [4.69, 9.17) is 32.4 Å². The Labute approximate surface area is 258 Å². The van der Waals surface area contributed by atoms with Crippen molar-refractivity contribution in [1.29, 1.82) is 0 Å². The summed E-state index contributed by atoms with van der Waals surface area (Å²) in [6.07, 6.45) is -2.37. The van der Waals surface area contributed by atoms with Crippen LogP contribution in [0.1, 0.15) is 53.3 Å². The molecular weight excluding hydrogens is 596 g/mol. The van der Waals surface area contributed by atoms with Crippen molar-refractivity contribution in [2.45, 2.75) is 63.0 Å². The minimum Gasteiger partial charge on any atom is -0.477 e. The number of amides is 4. The van der Waals surface area contributed by atoms with Crippen LogP contribution in [0.2, 0.25) is 0 Å². The third-order valence-electron chi connectivity index (χ3n) is 6.59. The number of para-hydroxylation sites is 1. The molecule has 0 saturated carbocycles. The largest absolute Gasteiger partial charge is 0.477 e. The number of benzene rings is 1. The van der Waals surface area contributed by atoms with Gasteiger partial charge in [0.2, 0.25) is 11.7 Å². The second-order valence-corrected chi connectivity index (χ2v) is 10.0. The van der Waals surface area contributed by atoms with Gasteiger partial charge in [0, 0.05) is 20.0 Å². The van der Waals surface area contributed by atoms with Crippen LogP contribution in [-0.4, -0.2) is 101 Å². The maximum absolute atomic E-state index is 12.6. The molecule has 2 rings (SSSR count). The molecule has 18 heteroatoms. The van der Waals surface area contributed by atoms with Crippen molar-refractivity contribution in [3.8, 4) is 0 Å². The van der Waals surface area contributed by atoms with Crippen molar-refractivity contribution < 1.29 is 48.8 Å². The smallest absolute Gasteiger partial charge is 0.407 e. The fourth-order valence-electron chi connectivity index (χ4n) is 4.59. The molecule has 0 saturated heterocycles. The molecule has 0 unspecified atom stereocenters. The van der Waals surface area contributed by atoms with E-state index in [0.717, 1.165) is 6.08 Å². The predicted molar refractivity (Wildman–Crippen MR) is 160 cm³/mol. The number of carboxylic acids is 1. The molecule has 5 atom stereocenters. The van der Waals surface area contributed by atoms with Gasteiger partial charge in [-0.2, -0.15) is 0 Å². The molecule has 248 valence electrons. The monoisotopic (exact) mass is 636 g/mol. The number of nitrogens with zero attached hydrogens (tertiary/aromatic N) is 1. The first kappa shape index (κ1) is 36.1. The zero-order valence-electron chi connectivity index (χ0n) is 24.6. The predicted octanol–water partition coefficient (Wildman–Crippen LogP) is -2.18. The Hall–Kier alpha value is -5.10. The topological polar surface area (TPSA) is 317 Å². The Balaban J connectivity index is 1.96. The SMILES string of the molecule is CC(=O)N[C@H]1[C@H]([C@H](OC(=O)NCCCCCCNc2c(C(N)=O)cccc2C(N)=O)[C@H](O)CO)OC(C(=O)O)=C[C@@H]1N=C(N)N. The maximum atomic E-state index is 12.6. The first-order valence-electron chi connectivity index (χ1n) is 13.9. The summed E-state index contributed by atoms with van der Waals surface area (Å²) < 4.78 is 10.8. The quantitative estimate of drug-likeness (QED) is 0.0494. The molecule has 0 aliphatic carbocycles. The second-order valence-electron chi connectivity index (χ2n) is 10.0. The molecule has 45 heavy (non-hydrogen) atoms. The molecule has 4 amide bonds. The first-order valence-corrected chi connectivity index (χ1v) is 13.9. The lowest BCUT2D eigenvalue weighted by atomic mass is 9.92. The zero-order valence-corrected chi connectivity index (χ0v) is 24.6. The average Bonchev–Trinajstić information content (AvgIpc) is 2.96. The number of primary amides is 2. The van der Waals surface area contributed by atoms with E-state index in [9.17, 15) is 39.3 Å². The Kier molecular flexibility index (Phi) is 13.8. The summed E-state index contributed by atoms with van der Waals surface area (Å²) in [5.74, 6) is -4.58. The van der Waals surface area contributed by atoms with E-state index in [1.54, 1.807) is 0 Å². The fraction of sp³-hybridized carbons (Fsp3) is 0.481. The zero-order chi connectivity index (χ0) is 33.7. The van der Waals surface area contributed by atoms with Gasteiger partial charge in [-0.1, -0.05) is 18.9 Å². The standard InChI is InChI=1S/C27H40N8O10/c1-13(37)34-20-16(35-26(30)31)11-18(25(41)42)44-22(20)21(17(38)12-36)45-27(43)33-10-5-3-2-4-9-32-19-14(23(28)39)7-6-8-15(19)24(29)40/h6-8,11,16-17,20-22,32,36,38H,2-5,9-10,12H2,1H3,(H2,28,39)(H2,29,40)(H,33,43)(H,34,37)(H,41,42)(H4,30,31,35)/t16-,17+,20+,21+,22+/m0/s1. The number of guanidine groups is 1. The van der Waals surface area contributed by atoms with Crippen molar-refractivity contribution in [2.75, 3.05) is 25.0 Å². The Morgan fingerprint density at radius 1 is 1.00 bits per heavy atom. The number of hydrogen-bond donors (Lipinski definition) is 10. The summed E-state index contributed by atoms with van der Waals surface area (Å²) in [7, 11) is 0. The molecule has 0 spiro atoms. The van der Waals surface area contributed by atoms with Crippen molar-refractivity contribution in [3.05, 3.63) is 41.2 Å². The number of alkyl carbamates (subject to hydrolysis) is 1. The first-order chi connectivity index (χ1) is 21.3. The number of carbonyl (C=O) groups is 5. The number of aliphatic imine (C=N–C) groups is 1. The van der Waals surface area contributed by atoms with Gasteiger partial charge in [0.25, 0.3) is 11.8 Å². The molecule has 1 aromatic rings. The van der Waals surface area contributed by atoms with Crippen LogP contribution in [0.25, 0.3) is 0 Å². The number of ether oxygens (including phenoxy) is 2. The lowest BCUT2D eigenvalue weighted by molar-refractivity contribution is -0.146. The minimum absolute atomic E-state index is 0.141. The number of nitrogens with two attached hydrogens (primary N) is 4. The van der Waals surface area contributed by atoms with E-state index >= 15 is 0 Å². The summed E-state index contributed by atoms with van der Waals surface area (Å²) in [4.78, 5) is 63.6. The molecule has 18 nitrogen and oxygen atoms in total. The van der Waals surface area contributed by atoms with Gasteiger partial charge >= 0.3 is 12.1 Å². The number of aliphatic hydroxyl groups excluding tert-OH is 2. The molecule has 0 aromatic heterocycles. The summed E-state index contributed by atoms with van der Waals surface area (Å²) in [5.41, 5.74) is 22.3. The van der Waals surface area contributed by atoms with Crippen molar-refractivity contribution in [1.82, 2.24) is 10.6 Å². The van der Waals surface area contributed by atoms with Gasteiger partial charge < -0.3 is 63.7 Å². The van der Waals surface area contributed by atoms with Crippen LogP contribution in [0.5, 0.6) is 0 Å². The third-order valence-corrected chi connectivity index (χ3v) is 6.59. The highest BCUT2D eigenvalue weighted by Crippen LogP contribution is 2.27. The van der Waals surface area contributed by atoms with Gasteiger partial charge in [0.05, 0.1) is 35.5 Å². The number of carboxylic acid groups (broad SMARTS) is 1. The molecule has 1 aliphatic rings. The van der Waals surface area contributed by atoms with E-state index in [-0.39, 0.29) is 23.4 Å². The fourth-order valence-corrected chi connectivity index (χ4v) is 4.59. The van der Waals surface area contributed by atoms with E-state index in [1.807, 2.05) is 0 Å². The van der Waals surface area contributed by atoms with Gasteiger partial charge in [-0.3, -0.25) is 14.4 Å². The Bertz CT molecular complexity index is 1270. The summed E-state index contributed by atoms with van der Waals surface area (Å²) in [5, 5.41) is 37.7. The van der Waals surface area contributed by atoms with Crippen LogP contribution in [-0.2, 0) is 19.1 Å². The average molecular weight is 637 g/mol. The molecule has 1 aromatic carbocycles. The van der Waals surface area contributed by atoms with Crippen molar-refractivity contribution in [2.24, 2.45) is 27.9 Å². The van der Waals surface area contributed by atoms with Crippen LogP contribution >= 0.6 is 0 Å². The normalized spacial score (nSPS) is 18.6. The number of carbonyl (C=O) groups excluding carboxylic acids is 4. The molecule has 1 heterocycles. The highest BCUT2D eigenvalue weighted by molar-refractivity contribution is 6.06. The molecule has 1 aliphatic heterocycles. The minimum atomic E-state index is -1.74. The Morgan fingerprint density at radius 3 is 2.11 bits per heavy atom. The Morgan fingerprint density at radius 2 is 1.60 bits per heavy atom. The number of aliphatic carboxylic acids is 1. The molecule has 0 bridgehead atoms. The van der Waals surface area contributed by atoms with Gasteiger partial charge in [0.15, 0.2) is 18.2 Å².